The van der Waals surface area contributed by atoms with E-state index in [1.54, 1.807) is 4.90 Å². The molecule has 1 aliphatic heterocycles. The highest BCUT2D eigenvalue weighted by atomic mass is 79.9. The number of nitrogens with zero attached hydrogens (tertiary/aromatic N) is 1. The van der Waals surface area contributed by atoms with Crippen LogP contribution in [-0.4, -0.2) is 47.3 Å². The van der Waals surface area contributed by atoms with Crippen molar-refractivity contribution in [3.63, 3.8) is 0 Å². The summed E-state index contributed by atoms with van der Waals surface area (Å²) in [6, 6.07) is 5.72. The number of aliphatic hydroxyl groups is 1. The molecule has 110 valence electrons. The van der Waals surface area contributed by atoms with Gasteiger partial charge in [-0.05, 0) is 48.8 Å². The van der Waals surface area contributed by atoms with E-state index in [1.165, 1.54) is 0 Å². The molecule has 0 radical (unpaired) electrons. The van der Waals surface area contributed by atoms with Gasteiger partial charge in [0.05, 0.1) is 23.9 Å². The van der Waals surface area contributed by atoms with Crippen LogP contribution < -0.4 is 0 Å². The van der Waals surface area contributed by atoms with E-state index in [2.05, 4.69) is 15.9 Å². The number of amides is 1. The van der Waals surface area contributed by atoms with Gasteiger partial charge in [-0.15, -0.1) is 0 Å². The number of halogens is 1. The second-order valence-electron chi connectivity index (χ2n) is 5.85. The lowest BCUT2D eigenvalue weighted by atomic mass is 10.0. The first-order valence-corrected chi connectivity index (χ1v) is 7.46. The number of hydrogen-bond donors (Lipinski definition) is 1. The third-order valence-corrected chi connectivity index (χ3v) is 4.02. The van der Waals surface area contributed by atoms with Crippen LogP contribution in [0.2, 0.25) is 0 Å². The minimum absolute atomic E-state index is 0.0320. The first-order chi connectivity index (χ1) is 9.32. The van der Waals surface area contributed by atoms with Crippen molar-refractivity contribution in [2.24, 2.45) is 0 Å². The molecule has 1 N–H and O–H groups in total. The molecule has 1 atom stereocenters. The molecular formula is C15H20BrNO3. The lowest BCUT2D eigenvalue weighted by Crippen LogP contribution is -2.55. The number of aliphatic hydroxyl groups excluding tert-OH is 1. The molecule has 4 nitrogen and oxygen atoms in total. The number of carbonyl (C=O) groups excluding carboxylic acids is 1. The second-order valence-corrected chi connectivity index (χ2v) is 6.71. The van der Waals surface area contributed by atoms with E-state index < -0.39 is 5.60 Å². The Morgan fingerprint density at radius 3 is 2.90 bits per heavy atom. The smallest absolute Gasteiger partial charge is 0.255 e. The van der Waals surface area contributed by atoms with Crippen LogP contribution in [0.25, 0.3) is 0 Å². The normalized spacial score (nSPS) is 21.9. The van der Waals surface area contributed by atoms with E-state index in [4.69, 9.17) is 4.74 Å². The molecule has 1 heterocycles. The molecule has 1 saturated heterocycles. The molecule has 0 aromatic heterocycles. The van der Waals surface area contributed by atoms with Crippen molar-refractivity contribution < 1.29 is 14.6 Å². The van der Waals surface area contributed by atoms with Crippen molar-refractivity contribution in [3.8, 4) is 0 Å². The molecule has 1 aromatic carbocycles. The number of hydrogen-bond acceptors (Lipinski definition) is 3. The Labute approximate surface area is 127 Å². The summed E-state index contributed by atoms with van der Waals surface area (Å²) in [4.78, 5) is 14.4. The summed E-state index contributed by atoms with van der Waals surface area (Å²) in [6.07, 6.45) is -0.328. The summed E-state index contributed by atoms with van der Waals surface area (Å²) in [6.45, 7) is 6.67. The average Bonchev–Trinajstić information content (AvgIpc) is 2.38. The van der Waals surface area contributed by atoms with Crippen LogP contribution >= 0.6 is 15.9 Å². The van der Waals surface area contributed by atoms with Crippen molar-refractivity contribution in [2.75, 3.05) is 19.7 Å². The zero-order valence-electron chi connectivity index (χ0n) is 12.0. The Kier molecular flexibility index (Phi) is 4.52. The summed E-state index contributed by atoms with van der Waals surface area (Å²) in [7, 11) is 0. The highest BCUT2D eigenvalue weighted by molar-refractivity contribution is 9.10. The molecule has 20 heavy (non-hydrogen) atoms. The van der Waals surface area contributed by atoms with Gasteiger partial charge >= 0.3 is 0 Å². The molecule has 1 aliphatic rings. The molecule has 0 aliphatic carbocycles. The highest BCUT2D eigenvalue weighted by Crippen LogP contribution is 2.25. The molecule has 1 unspecified atom stereocenters. The van der Waals surface area contributed by atoms with Crippen molar-refractivity contribution in [2.45, 2.75) is 32.5 Å². The van der Waals surface area contributed by atoms with Gasteiger partial charge in [-0.25, -0.2) is 0 Å². The predicted molar refractivity (Wildman–Crippen MR) is 80.8 cm³/mol. The van der Waals surface area contributed by atoms with E-state index in [-0.39, 0.29) is 18.6 Å². The molecule has 0 saturated carbocycles. The second kappa shape index (κ2) is 5.84. The number of aryl methyl sites for hydroxylation is 1. The maximum Gasteiger partial charge on any atom is 0.255 e. The number of carbonyl (C=O) groups is 1. The van der Waals surface area contributed by atoms with Crippen LogP contribution in [0.3, 0.4) is 0 Å². The summed E-state index contributed by atoms with van der Waals surface area (Å²) in [5, 5.41) is 9.32. The minimum atomic E-state index is -0.447. The van der Waals surface area contributed by atoms with Crippen molar-refractivity contribution in [3.05, 3.63) is 33.8 Å². The van der Waals surface area contributed by atoms with Crippen LogP contribution in [0.4, 0.5) is 0 Å². The molecule has 1 fully saturated rings. The fraction of sp³-hybridized carbons (Fsp3) is 0.533. The van der Waals surface area contributed by atoms with Gasteiger partial charge in [-0.2, -0.15) is 0 Å². The van der Waals surface area contributed by atoms with E-state index in [1.807, 2.05) is 39.0 Å². The van der Waals surface area contributed by atoms with E-state index in [9.17, 15) is 9.90 Å². The monoisotopic (exact) mass is 341 g/mol. The van der Waals surface area contributed by atoms with Gasteiger partial charge < -0.3 is 14.7 Å². The third-order valence-electron chi connectivity index (χ3n) is 3.32. The third kappa shape index (κ3) is 3.40. The van der Waals surface area contributed by atoms with Gasteiger partial charge in [-0.1, -0.05) is 11.6 Å². The quantitative estimate of drug-likeness (QED) is 0.898. The number of rotatable bonds is 2. The van der Waals surface area contributed by atoms with Crippen LogP contribution in [0.5, 0.6) is 0 Å². The maximum atomic E-state index is 12.7. The van der Waals surface area contributed by atoms with Crippen LogP contribution in [-0.2, 0) is 4.74 Å². The Morgan fingerprint density at radius 2 is 2.25 bits per heavy atom. The Bertz CT molecular complexity index is 516. The first-order valence-electron chi connectivity index (χ1n) is 6.66. The minimum Gasteiger partial charge on any atom is -0.394 e. The summed E-state index contributed by atoms with van der Waals surface area (Å²) in [5.41, 5.74) is 1.25. The lowest BCUT2D eigenvalue weighted by Gasteiger charge is -2.42. The molecule has 0 bridgehead atoms. The largest absolute Gasteiger partial charge is 0.394 e. The fourth-order valence-corrected chi connectivity index (χ4v) is 2.94. The van der Waals surface area contributed by atoms with Crippen LogP contribution in [0.1, 0.15) is 29.8 Å². The van der Waals surface area contributed by atoms with Crippen molar-refractivity contribution in [1.82, 2.24) is 4.90 Å². The lowest BCUT2D eigenvalue weighted by molar-refractivity contribution is -0.139. The van der Waals surface area contributed by atoms with Crippen LogP contribution in [0, 0.1) is 6.92 Å². The van der Waals surface area contributed by atoms with Gasteiger partial charge in [0, 0.05) is 17.6 Å². The van der Waals surface area contributed by atoms with Gasteiger partial charge in [0.2, 0.25) is 0 Å². The summed E-state index contributed by atoms with van der Waals surface area (Å²) < 4.78 is 6.53. The molecule has 1 amide bonds. The van der Waals surface area contributed by atoms with Gasteiger partial charge in [0.25, 0.3) is 5.91 Å². The van der Waals surface area contributed by atoms with E-state index in [0.717, 1.165) is 10.0 Å². The van der Waals surface area contributed by atoms with Crippen LogP contribution in [0.15, 0.2) is 22.7 Å². The number of ether oxygens (including phenoxy) is 1. The zero-order chi connectivity index (χ0) is 14.9. The van der Waals surface area contributed by atoms with E-state index >= 15 is 0 Å². The molecule has 1 aromatic rings. The topological polar surface area (TPSA) is 49.8 Å². The maximum absolute atomic E-state index is 12.7. The summed E-state index contributed by atoms with van der Waals surface area (Å²) >= 11 is 3.43. The molecule has 5 heteroatoms. The molecule has 2 rings (SSSR count). The first kappa shape index (κ1) is 15.5. The SMILES string of the molecule is Cc1ccc(Br)c(C(=O)N2CC(CO)OC(C)(C)C2)c1. The number of morpholine rings is 1. The fourth-order valence-electron chi connectivity index (χ4n) is 2.52. The van der Waals surface area contributed by atoms with Crippen molar-refractivity contribution in [1.29, 1.82) is 0 Å². The average molecular weight is 342 g/mol. The van der Waals surface area contributed by atoms with E-state index in [0.29, 0.717) is 18.7 Å². The van der Waals surface area contributed by atoms with Gasteiger partial charge in [0.1, 0.15) is 0 Å². The Balaban J connectivity index is 2.25. The summed E-state index contributed by atoms with van der Waals surface area (Å²) in [5.74, 6) is -0.0320. The Hall–Kier alpha value is -0.910. The zero-order valence-corrected chi connectivity index (χ0v) is 13.6. The number of benzene rings is 1. The Morgan fingerprint density at radius 1 is 1.55 bits per heavy atom. The van der Waals surface area contributed by atoms with Gasteiger partial charge in [-0.3, -0.25) is 4.79 Å². The molecular weight excluding hydrogens is 322 g/mol. The van der Waals surface area contributed by atoms with Gasteiger partial charge in [0.15, 0.2) is 0 Å². The standard InChI is InChI=1S/C15H20BrNO3/c1-10-4-5-13(16)12(6-10)14(19)17-7-11(8-18)20-15(2,3)9-17/h4-6,11,18H,7-9H2,1-3H3. The molecule has 0 spiro atoms. The predicted octanol–water partition coefficient (Wildman–Crippen LogP) is 2.37. The van der Waals surface area contributed by atoms with Crippen molar-refractivity contribution >= 4 is 21.8 Å². The highest BCUT2D eigenvalue weighted by Gasteiger charge is 2.35.